The Morgan fingerprint density at radius 1 is 1.04 bits per heavy atom. The highest BCUT2D eigenvalue weighted by Crippen LogP contribution is 2.56. The van der Waals surface area contributed by atoms with E-state index < -0.39 is 65.4 Å². The summed E-state index contributed by atoms with van der Waals surface area (Å²) in [4.78, 5) is 60.0. The number of amides is 3. The van der Waals surface area contributed by atoms with Gasteiger partial charge in [-0.1, -0.05) is 92.3 Å². The molecule has 50 heavy (non-hydrogen) atoms. The molecule has 1 aromatic heterocycles. The molecule has 3 amide bonds. The van der Waals surface area contributed by atoms with E-state index in [1.54, 1.807) is 27.8 Å². The SMILES string of the molecule is CC[C@H](C)[C@H](CO)N1C(=O)[C@H]2[C@@H]3C(=O)N[C@H](c4ccccc4)COC(=O)CC/C=C\CN(Cn4nnc5ccccc54)C(=O)[C@H]1[C@@]21C=C[C@@H]3O1. The second-order valence-corrected chi connectivity index (χ2v) is 13.5. The first kappa shape index (κ1) is 33.6. The number of hydrogen-bond donors (Lipinski definition) is 2. The summed E-state index contributed by atoms with van der Waals surface area (Å²) in [6.07, 6.45) is 7.51. The Hall–Kier alpha value is -4.88. The molecule has 0 radical (unpaired) electrons. The summed E-state index contributed by atoms with van der Waals surface area (Å²) in [6.45, 7) is 3.58. The van der Waals surface area contributed by atoms with E-state index in [0.717, 1.165) is 11.1 Å². The van der Waals surface area contributed by atoms with Crippen LogP contribution in [0.25, 0.3) is 11.0 Å². The highest BCUT2D eigenvalue weighted by atomic mass is 16.5. The highest BCUT2D eigenvalue weighted by Gasteiger charge is 2.74. The van der Waals surface area contributed by atoms with Gasteiger partial charge < -0.3 is 29.7 Å². The fourth-order valence-electron chi connectivity index (χ4n) is 7.88. The fraction of sp³-hybridized carbons (Fsp3) is 0.459. The summed E-state index contributed by atoms with van der Waals surface area (Å²) in [5.74, 6) is -3.85. The van der Waals surface area contributed by atoms with Gasteiger partial charge >= 0.3 is 5.97 Å². The molecule has 2 fully saturated rings. The van der Waals surface area contributed by atoms with Gasteiger partial charge in [-0.3, -0.25) is 19.2 Å². The molecule has 4 aliphatic rings. The van der Waals surface area contributed by atoms with E-state index >= 15 is 4.79 Å². The third-order valence-corrected chi connectivity index (χ3v) is 10.7. The van der Waals surface area contributed by atoms with Gasteiger partial charge in [0, 0.05) is 13.0 Å². The second kappa shape index (κ2) is 13.8. The number of nitrogens with zero attached hydrogens (tertiary/aromatic N) is 5. The normalized spacial score (nSPS) is 30.3. The molecule has 1 spiro atoms. The van der Waals surface area contributed by atoms with Crippen molar-refractivity contribution in [2.75, 3.05) is 19.8 Å². The van der Waals surface area contributed by atoms with Crippen LogP contribution in [0.2, 0.25) is 0 Å². The Morgan fingerprint density at radius 2 is 1.82 bits per heavy atom. The second-order valence-electron chi connectivity index (χ2n) is 13.5. The smallest absolute Gasteiger partial charge is 0.306 e. The molecule has 7 rings (SSSR count). The van der Waals surface area contributed by atoms with E-state index in [1.807, 2.05) is 74.5 Å². The Kier molecular flexibility index (Phi) is 9.27. The summed E-state index contributed by atoms with van der Waals surface area (Å²) >= 11 is 0. The lowest BCUT2D eigenvalue weighted by molar-refractivity contribution is -0.152. The molecule has 0 saturated carbocycles. The number of rotatable bonds is 7. The standard InChI is InChI=1S/C37H42N6O7/c1-3-23(2)28(20-44)43-33-36(48)41(22-42-27-15-10-9-14-25(27)39-40-42)19-11-5-8-16-30(45)49-21-26(24-12-6-4-7-13-24)38-34(46)31-29-17-18-37(33,50-29)32(31)35(43)47/h4-7,9-15,17-18,23,26,28-29,31-33,44H,3,8,16,19-22H2,1-2H3,(H,38,46)/b11-5-/t23-,26-,28-,29-,31+,32+,33-,37+/m0/s1. The number of nitrogens with one attached hydrogen (secondary N) is 1. The van der Waals surface area contributed by atoms with Crippen molar-refractivity contribution in [2.24, 2.45) is 17.8 Å². The van der Waals surface area contributed by atoms with Gasteiger partial charge in [0.2, 0.25) is 11.8 Å². The summed E-state index contributed by atoms with van der Waals surface area (Å²) in [6, 6.07) is 14.1. The van der Waals surface area contributed by atoms with E-state index in [9.17, 15) is 19.5 Å². The van der Waals surface area contributed by atoms with Crippen molar-refractivity contribution in [2.45, 2.75) is 69.6 Å². The Labute approximate surface area is 289 Å². The Balaban J connectivity index is 1.32. The average Bonchev–Trinajstić information content (AvgIpc) is 3.89. The number of aliphatic hydroxyl groups is 1. The molecule has 5 bridgehead atoms. The van der Waals surface area contributed by atoms with Gasteiger partial charge in [0.25, 0.3) is 5.91 Å². The molecule has 5 heterocycles. The predicted octanol–water partition coefficient (Wildman–Crippen LogP) is 2.53. The van der Waals surface area contributed by atoms with Crippen LogP contribution in [0, 0.1) is 17.8 Å². The number of aromatic nitrogens is 3. The summed E-state index contributed by atoms with van der Waals surface area (Å²) < 4.78 is 13.9. The third-order valence-electron chi connectivity index (χ3n) is 10.7. The van der Waals surface area contributed by atoms with Gasteiger partial charge in [-0.2, -0.15) is 0 Å². The summed E-state index contributed by atoms with van der Waals surface area (Å²) in [5, 5.41) is 22.4. The molecule has 0 unspecified atom stereocenters. The van der Waals surface area contributed by atoms with E-state index in [-0.39, 0.29) is 38.8 Å². The zero-order chi connectivity index (χ0) is 35.0. The van der Waals surface area contributed by atoms with Crippen LogP contribution in [0.4, 0.5) is 0 Å². The van der Waals surface area contributed by atoms with Crippen LogP contribution in [0.1, 0.15) is 44.7 Å². The number of benzene rings is 2. The third kappa shape index (κ3) is 5.77. The molecule has 2 saturated heterocycles. The number of ether oxygens (including phenoxy) is 2. The molecule has 262 valence electrons. The number of fused-ring (bicyclic) bond motifs is 3. The van der Waals surface area contributed by atoms with Crippen molar-refractivity contribution in [1.29, 1.82) is 0 Å². The Morgan fingerprint density at radius 3 is 2.60 bits per heavy atom. The molecule has 13 heteroatoms. The number of aliphatic hydroxyl groups excluding tert-OH is 1. The van der Waals surface area contributed by atoms with Crippen molar-refractivity contribution in [3.63, 3.8) is 0 Å². The topological polar surface area (TPSA) is 156 Å². The maximum absolute atomic E-state index is 15.1. The van der Waals surface area contributed by atoms with Gasteiger partial charge in [0.05, 0.1) is 42.1 Å². The van der Waals surface area contributed by atoms with Crippen LogP contribution in [-0.2, 0) is 35.3 Å². The molecule has 8 atom stereocenters. The number of cyclic esters (lactones) is 1. The molecule has 2 aromatic carbocycles. The minimum absolute atomic E-state index is 0.00788. The van der Waals surface area contributed by atoms with Crippen molar-refractivity contribution < 1.29 is 33.8 Å². The largest absolute Gasteiger partial charge is 0.463 e. The van der Waals surface area contributed by atoms with Crippen molar-refractivity contribution in [3.05, 3.63) is 84.5 Å². The van der Waals surface area contributed by atoms with Gasteiger partial charge in [0.1, 0.15) is 30.4 Å². The summed E-state index contributed by atoms with van der Waals surface area (Å²) in [7, 11) is 0. The molecular formula is C37H42N6O7. The van der Waals surface area contributed by atoms with Crippen molar-refractivity contribution in [3.8, 4) is 0 Å². The van der Waals surface area contributed by atoms with E-state index in [1.165, 1.54) is 4.90 Å². The fourth-order valence-corrected chi connectivity index (χ4v) is 7.88. The van der Waals surface area contributed by atoms with Gasteiger partial charge in [0.15, 0.2) is 0 Å². The zero-order valence-electron chi connectivity index (χ0n) is 28.1. The molecule has 4 aliphatic heterocycles. The van der Waals surface area contributed by atoms with Crippen molar-refractivity contribution >= 4 is 34.7 Å². The highest BCUT2D eigenvalue weighted by molar-refractivity contribution is 6.00. The van der Waals surface area contributed by atoms with Crippen LogP contribution in [-0.4, -0.2) is 97.1 Å². The minimum Gasteiger partial charge on any atom is -0.463 e. The van der Waals surface area contributed by atoms with Gasteiger partial charge in [-0.05, 0) is 30.0 Å². The minimum atomic E-state index is -1.45. The molecule has 2 N–H and O–H groups in total. The van der Waals surface area contributed by atoms with Crippen LogP contribution >= 0.6 is 0 Å². The van der Waals surface area contributed by atoms with Crippen LogP contribution < -0.4 is 5.32 Å². The van der Waals surface area contributed by atoms with Crippen LogP contribution in [0.15, 0.2) is 78.9 Å². The van der Waals surface area contributed by atoms with Gasteiger partial charge in [-0.25, -0.2) is 4.68 Å². The quantitative estimate of drug-likeness (QED) is 0.283. The number of carbonyl (C=O) groups excluding carboxylic acids is 4. The number of likely N-dealkylation sites (tertiary alicyclic amines) is 1. The zero-order valence-corrected chi connectivity index (χ0v) is 28.1. The maximum atomic E-state index is 15.1. The Bertz CT molecular complexity index is 1830. The average molecular weight is 683 g/mol. The predicted molar refractivity (Wildman–Crippen MR) is 181 cm³/mol. The maximum Gasteiger partial charge on any atom is 0.306 e. The van der Waals surface area contributed by atoms with Gasteiger partial charge in [-0.15, -0.1) is 5.10 Å². The first-order valence-electron chi connectivity index (χ1n) is 17.3. The number of hydrogen-bond acceptors (Lipinski definition) is 9. The van der Waals surface area contributed by atoms with E-state index in [0.29, 0.717) is 18.4 Å². The number of carbonyl (C=O) groups is 4. The lowest BCUT2D eigenvalue weighted by atomic mass is 9.74. The lowest BCUT2D eigenvalue weighted by Gasteiger charge is -2.40. The first-order valence-corrected chi connectivity index (χ1v) is 17.3. The first-order chi connectivity index (χ1) is 24.3. The lowest BCUT2D eigenvalue weighted by Crippen LogP contribution is -2.59. The van der Waals surface area contributed by atoms with E-state index in [4.69, 9.17) is 9.47 Å². The number of esters is 1. The molecule has 0 aliphatic carbocycles. The van der Waals surface area contributed by atoms with Crippen LogP contribution in [0.5, 0.6) is 0 Å². The van der Waals surface area contributed by atoms with Crippen molar-refractivity contribution in [1.82, 2.24) is 30.1 Å². The number of allylic oxidation sites excluding steroid dienone is 1. The molecular weight excluding hydrogens is 640 g/mol. The monoisotopic (exact) mass is 682 g/mol. The molecule has 3 aromatic rings. The van der Waals surface area contributed by atoms with Crippen LogP contribution in [0.3, 0.4) is 0 Å². The summed E-state index contributed by atoms with van der Waals surface area (Å²) in [5.41, 5.74) is 0.677. The molecule has 13 nitrogen and oxygen atoms in total. The number of para-hydroxylation sites is 1. The van der Waals surface area contributed by atoms with E-state index in [2.05, 4.69) is 15.6 Å².